The Bertz CT molecular complexity index is 492. The predicted molar refractivity (Wildman–Crippen MR) is 86.9 cm³/mol. The van der Waals surface area contributed by atoms with Crippen LogP contribution in [0, 0.1) is 12.3 Å². The van der Waals surface area contributed by atoms with E-state index in [0.29, 0.717) is 12.3 Å². The highest BCUT2D eigenvalue weighted by Crippen LogP contribution is 2.40. The molecular weight excluding hydrogens is 264 g/mol. The molecule has 1 aliphatic carbocycles. The number of hydrogen-bond donors (Lipinski definition) is 3. The van der Waals surface area contributed by atoms with E-state index in [0.717, 1.165) is 23.0 Å². The molecule has 5 heteroatoms. The summed E-state index contributed by atoms with van der Waals surface area (Å²) in [4.78, 5) is 9.35. The fourth-order valence-electron chi connectivity index (χ4n) is 2.46. The Balaban J connectivity index is 2.30. The fourth-order valence-corrected chi connectivity index (χ4v) is 2.46. The number of nitrogens with zero attached hydrogens (tertiary/aromatic N) is 2. The van der Waals surface area contributed by atoms with Gasteiger partial charge in [-0.15, -0.1) is 0 Å². The van der Waals surface area contributed by atoms with Gasteiger partial charge in [0, 0.05) is 31.2 Å². The lowest BCUT2D eigenvalue weighted by atomic mass is 9.85. The van der Waals surface area contributed by atoms with E-state index in [-0.39, 0.29) is 18.1 Å². The van der Waals surface area contributed by atoms with Gasteiger partial charge < -0.3 is 15.7 Å². The van der Waals surface area contributed by atoms with Gasteiger partial charge in [0.15, 0.2) is 0 Å². The fraction of sp³-hybridized carbons (Fsp3) is 0.750. The first-order chi connectivity index (χ1) is 9.86. The van der Waals surface area contributed by atoms with Crippen molar-refractivity contribution in [2.45, 2.75) is 58.9 Å². The number of aliphatic hydroxyl groups excluding tert-OH is 1. The van der Waals surface area contributed by atoms with Gasteiger partial charge in [-0.05, 0) is 31.6 Å². The highest BCUT2D eigenvalue weighted by atomic mass is 16.3. The lowest BCUT2D eigenvalue weighted by Crippen LogP contribution is -2.35. The summed E-state index contributed by atoms with van der Waals surface area (Å²) in [6, 6.07) is 0.174. The van der Waals surface area contributed by atoms with Gasteiger partial charge in [-0.25, -0.2) is 9.97 Å². The van der Waals surface area contributed by atoms with Crippen LogP contribution in [0.5, 0.6) is 0 Å². The molecule has 0 bridgehead atoms. The molecule has 1 heterocycles. The predicted octanol–water partition coefficient (Wildman–Crippen LogP) is 2.91. The van der Waals surface area contributed by atoms with E-state index in [1.165, 1.54) is 12.8 Å². The van der Waals surface area contributed by atoms with Crippen molar-refractivity contribution in [3.05, 3.63) is 11.4 Å². The largest absolute Gasteiger partial charge is 0.396 e. The van der Waals surface area contributed by atoms with E-state index >= 15 is 0 Å². The van der Waals surface area contributed by atoms with Crippen molar-refractivity contribution >= 4 is 11.6 Å². The quantitative estimate of drug-likeness (QED) is 0.752. The molecular formula is C16H28N4O. The molecule has 1 atom stereocenters. The van der Waals surface area contributed by atoms with E-state index < -0.39 is 0 Å². The second-order valence-electron chi connectivity index (χ2n) is 7.00. The molecule has 0 spiro atoms. The Morgan fingerprint density at radius 1 is 1.24 bits per heavy atom. The average Bonchev–Trinajstić information content (AvgIpc) is 3.23. The first kappa shape index (κ1) is 16.0. The van der Waals surface area contributed by atoms with Crippen LogP contribution in [0.3, 0.4) is 0 Å². The normalized spacial score (nSPS) is 16.7. The Hall–Kier alpha value is -1.36. The van der Waals surface area contributed by atoms with Gasteiger partial charge in [0.1, 0.15) is 17.5 Å². The number of anilines is 2. The van der Waals surface area contributed by atoms with E-state index in [1.807, 2.05) is 14.0 Å². The van der Waals surface area contributed by atoms with Gasteiger partial charge >= 0.3 is 0 Å². The monoisotopic (exact) mass is 292 g/mol. The molecule has 118 valence electrons. The maximum atomic E-state index is 9.32. The molecule has 2 rings (SSSR count). The van der Waals surface area contributed by atoms with Crippen LogP contribution >= 0.6 is 0 Å². The van der Waals surface area contributed by atoms with Crippen molar-refractivity contribution in [2.75, 3.05) is 24.3 Å². The summed E-state index contributed by atoms with van der Waals surface area (Å²) >= 11 is 0. The summed E-state index contributed by atoms with van der Waals surface area (Å²) in [5.41, 5.74) is 1.09. The summed E-state index contributed by atoms with van der Waals surface area (Å²) in [5, 5.41) is 16.0. The standard InChI is InChI=1S/C16H28N4O/c1-10-13(17-5)19-15(11-6-7-11)20-14(10)18-12(8-9-21)16(2,3)4/h11-12,21H,6-9H2,1-5H3,(H2,17,18,19,20). The third-order valence-electron chi connectivity index (χ3n) is 4.12. The van der Waals surface area contributed by atoms with Gasteiger partial charge in [0.05, 0.1) is 0 Å². The summed E-state index contributed by atoms with van der Waals surface area (Å²) in [7, 11) is 1.89. The molecule has 0 amide bonds. The van der Waals surface area contributed by atoms with Gasteiger partial charge in [-0.3, -0.25) is 0 Å². The summed E-state index contributed by atoms with van der Waals surface area (Å²) < 4.78 is 0. The molecule has 21 heavy (non-hydrogen) atoms. The minimum Gasteiger partial charge on any atom is -0.396 e. The highest BCUT2D eigenvalue weighted by Gasteiger charge is 2.30. The van der Waals surface area contributed by atoms with Crippen molar-refractivity contribution in [3.8, 4) is 0 Å². The van der Waals surface area contributed by atoms with Crippen LogP contribution in [0.25, 0.3) is 0 Å². The maximum absolute atomic E-state index is 9.32. The molecule has 1 saturated carbocycles. The third kappa shape index (κ3) is 3.84. The van der Waals surface area contributed by atoms with Gasteiger partial charge in [0.2, 0.25) is 0 Å². The molecule has 1 fully saturated rings. The van der Waals surface area contributed by atoms with Crippen LogP contribution in [0.4, 0.5) is 11.6 Å². The van der Waals surface area contributed by atoms with Gasteiger partial charge in [-0.2, -0.15) is 0 Å². The molecule has 1 unspecified atom stereocenters. The number of hydrogen-bond acceptors (Lipinski definition) is 5. The Morgan fingerprint density at radius 2 is 1.86 bits per heavy atom. The SMILES string of the molecule is CNc1nc(C2CC2)nc(NC(CCO)C(C)(C)C)c1C. The zero-order valence-electron chi connectivity index (χ0n) is 13.8. The summed E-state index contributed by atoms with van der Waals surface area (Å²) in [6.07, 6.45) is 3.08. The topological polar surface area (TPSA) is 70.1 Å². The molecule has 0 aliphatic heterocycles. The first-order valence-electron chi connectivity index (χ1n) is 7.80. The Kier molecular flexibility index (Phi) is 4.71. The van der Waals surface area contributed by atoms with Crippen LogP contribution in [0.2, 0.25) is 0 Å². The molecule has 1 aromatic heterocycles. The number of aliphatic hydroxyl groups is 1. The summed E-state index contributed by atoms with van der Waals surface area (Å²) in [6.45, 7) is 8.74. The number of nitrogens with one attached hydrogen (secondary N) is 2. The lowest BCUT2D eigenvalue weighted by molar-refractivity contribution is 0.235. The second-order valence-corrected chi connectivity index (χ2v) is 7.00. The van der Waals surface area contributed by atoms with Crippen molar-refractivity contribution < 1.29 is 5.11 Å². The zero-order chi connectivity index (χ0) is 15.6. The zero-order valence-corrected chi connectivity index (χ0v) is 13.8. The van der Waals surface area contributed by atoms with E-state index in [9.17, 15) is 5.11 Å². The van der Waals surface area contributed by atoms with Crippen LogP contribution in [0.15, 0.2) is 0 Å². The molecule has 0 aromatic carbocycles. The number of rotatable bonds is 6. The minimum absolute atomic E-state index is 0.0552. The van der Waals surface area contributed by atoms with Gasteiger partial charge in [0.25, 0.3) is 0 Å². The maximum Gasteiger partial charge on any atom is 0.136 e. The van der Waals surface area contributed by atoms with E-state index in [4.69, 9.17) is 4.98 Å². The van der Waals surface area contributed by atoms with Crippen LogP contribution in [-0.2, 0) is 0 Å². The molecule has 0 radical (unpaired) electrons. The smallest absolute Gasteiger partial charge is 0.136 e. The van der Waals surface area contributed by atoms with Crippen LogP contribution in [0.1, 0.15) is 57.3 Å². The average molecular weight is 292 g/mol. The van der Waals surface area contributed by atoms with Crippen molar-refractivity contribution in [2.24, 2.45) is 5.41 Å². The van der Waals surface area contributed by atoms with Gasteiger partial charge in [-0.1, -0.05) is 20.8 Å². The Morgan fingerprint density at radius 3 is 2.33 bits per heavy atom. The van der Waals surface area contributed by atoms with Crippen molar-refractivity contribution in [1.82, 2.24) is 9.97 Å². The molecule has 3 N–H and O–H groups in total. The van der Waals surface area contributed by atoms with Crippen molar-refractivity contribution in [3.63, 3.8) is 0 Å². The first-order valence-corrected chi connectivity index (χ1v) is 7.80. The highest BCUT2D eigenvalue weighted by molar-refractivity contribution is 5.57. The Labute approximate surface area is 127 Å². The number of aromatic nitrogens is 2. The molecule has 0 saturated heterocycles. The molecule has 1 aromatic rings. The summed E-state index contributed by atoms with van der Waals surface area (Å²) in [5.74, 6) is 3.24. The molecule has 5 nitrogen and oxygen atoms in total. The van der Waals surface area contributed by atoms with E-state index in [1.54, 1.807) is 0 Å². The molecule has 1 aliphatic rings. The van der Waals surface area contributed by atoms with Crippen LogP contribution < -0.4 is 10.6 Å². The van der Waals surface area contributed by atoms with Crippen molar-refractivity contribution in [1.29, 1.82) is 0 Å². The third-order valence-corrected chi connectivity index (χ3v) is 4.12. The lowest BCUT2D eigenvalue weighted by Gasteiger charge is -2.32. The van der Waals surface area contributed by atoms with Crippen LogP contribution in [-0.4, -0.2) is 34.8 Å². The minimum atomic E-state index is 0.0552. The van der Waals surface area contributed by atoms with E-state index in [2.05, 4.69) is 36.4 Å². The second kappa shape index (κ2) is 6.18.